The molecule has 2 aromatic heterocycles. The molecule has 6 nitrogen and oxygen atoms in total. The maximum Gasteiger partial charge on any atom is 0.227 e. The molecule has 7 heteroatoms. The van der Waals surface area contributed by atoms with Crippen LogP contribution in [0.4, 0.5) is 5.13 Å². The van der Waals surface area contributed by atoms with Crippen molar-refractivity contribution < 1.29 is 4.79 Å². The highest BCUT2D eigenvalue weighted by Crippen LogP contribution is 2.31. The van der Waals surface area contributed by atoms with Crippen molar-refractivity contribution in [2.45, 2.75) is 32.0 Å². The molecule has 2 atom stereocenters. The van der Waals surface area contributed by atoms with Gasteiger partial charge in [-0.25, -0.2) is 4.98 Å². The number of hydrogen-bond donors (Lipinski definition) is 1. The Morgan fingerprint density at radius 3 is 2.92 bits per heavy atom. The number of nitrogens with one attached hydrogen (secondary N) is 1. The monoisotopic (exact) mass is 357 g/mol. The molecule has 0 aromatic carbocycles. The Kier molecular flexibility index (Phi) is 4.67. The molecular weight excluding hydrogens is 334 g/mol. The second-order valence-electron chi connectivity index (χ2n) is 6.80. The van der Waals surface area contributed by atoms with E-state index in [9.17, 15) is 4.79 Å². The van der Waals surface area contributed by atoms with Crippen LogP contribution in [0.15, 0.2) is 29.8 Å². The van der Waals surface area contributed by atoms with Crippen molar-refractivity contribution in [1.82, 2.24) is 19.8 Å². The fourth-order valence-corrected chi connectivity index (χ4v) is 4.52. The van der Waals surface area contributed by atoms with Gasteiger partial charge in [0.15, 0.2) is 5.13 Å². The second kappa shape index (κ2) is 7.09. The number of thiazole rings is 1. The van der Waals surface area contributed by atoms with Crippen molar-refractivity contribution in [3.63, 3.8) is 0 Å². The molecule has 0 unspecified atom stereocenters. The largest absolute Gasteiger partial charge is 0.365 e. The van der Waals surface area contributed by atoms with Crippen LogP contribution in [0.2, 0.25) is 0 Å². The Bertz CT molecular complexity index is 734. The van der Waals surface area contributed by atoms with Crippen LogP contribution in [0, 0.1) is 5.92 Å². The van der Waals surface area contributed by atoms with E-state index in [2.05, 4.69) is 30.5 Å². The van der Waals surface area contributed by atoms with E-state index in [1.165, 1.54) is 0 Å². The van der Waals surface area contributed by atoms with Crippen LogP contribution in [0.1, 0.15) is 24.2 Å². The first-order chi connectivity index (χ1) is 12.2. The smallest absolute Gasteiger partial charge is 0.227 e. The number of carbonyl (C=O) groups excluding carboxylic acids is 1. The number of rotatable bonds is 5. The second-order valence-corrected chi connectivity index (χ2v) is 7.66. The first kappa shape index (κ1) is 16.5. The Morgan fingerprint density at radius 1 is 1.24 bits per heavy atom. The molecule has 5 rings (SSSR count). The number of amides is 1. The van der Waals surface area contributed by atoms with Crippen molar-refractivity contribution in [2.75, 3.05) is 25.5 Å². The number of aromatic nitrogens is 2. The molecule has 3 aliphatic rings. The van der Waals surface area contributed by atoms with Crippen LogP contribution in [0.3, 0.4) is 0 Å². The number of nitrogens with zero attached hydrogens (tertiary/aromatic N) is 4. The van der Waals surface area contributed by atoms with Gasteiger partial charge in [0.1, 0.15) is 0 Å². The standard InChI is InChI=1S/C18H23N5OS/c1-19-18-21-15(12-25-18)9-22-8-13-5-6-16(11-22)23(17(13)24)10-14-4-2-3-7-20-14/h2-4,7,12-13,16H,5-6,8-11H2,1H3,(H,19,21)/t13-,16+/m1/s1. The fraction of sp³-hybridized carbons (Fsp3) is 0.500. The molecule has 3 aliphatic heterocycles. The van der Waals surface area contributed by atoms with Gasteiger partial charge in [0, 0.05) is 44.3 Å². The molecule has 1 N–H and O–H groups in total. The normalized spacial score (nSPS) is 23.7. The number of pyridine rings is 1. The van der Waals surface area contributed by atoms with Crippen LogP contribution < -0.4 is 5.32 Å². The summed E-state index contributed by atoms with van der Waals surface area (Å²) in [5.41, 5.74) is 2.05. The van der Waals surface area contributed by atoms with Gasteiger partial charge in [-0.15, -0.1) is 11.3 Å². The third kappa shape index (κ3) is 3.52. The van der Waals surface area contributed by atoms with E-state index >= 15 is 0 Å². The first-order valence-electron chi connectivity index (χ1n) is 8.78. The zero-order chi connectivity index (χ0) is 17.2. The minimum Gasteiger partial charge on any atom is -0.365 e. The van der Waals surface area contributed by atoms with Gasteiger partial charge in [0.2, 0.25) is 5.91 Å². The van der Waals surface area contributed by atoms with Crippen LogP contribution in [-0.4, -0.2) is 51.9 Å². The summed E-state index contributed by atoms with van der Waals surface area (Å²) >= 11 is 1.63. The molecule has 3 saturated heterocycles. The third-order valence-electron chi connectivity index (χ3n) is 5.08. The van der Waals surface area contributed by atoms with Crippen LogP contribution in [-0.2, 0) is 17.9 Å². The number of fused-ring (bicyclic) bond motifs is 4. The summed E-state index contributed by atoms with van der Waals surface area (Å²) in [5, 5.41) is 6.14. The molecule has 0 radical (unpaired) electrons. The minimum absolute atomic E-state index is 0.102. The van der Waals surface area contributed by atoms with Gasteiger partial charge in [-0.3, -0.25) is 14.7 Å². The molecule has 5 heterocycles. The minimum atomic E-state index is 0.102. The number of hydrogen-bond acceptors (Lipinski definition) is 6. The average Bonchev–Trinajstić information content (AvgIpc) is 2.93. The van der Waals surface area contributed by atoms with Crippen LogP contribution in [0.5, 0.6) is 0 Å². The van der Waals surface area contributed by atoms with Gasteiger partial charge in [0.05, 0.1) is 23.9 Å². The predicted molar refractivity (Wildman–Crippen MR) is 98.2 cm³/mol. The molecule has 25 heavy (non-hydrogen) atoms. The zero-order valence-corrected chi connectivity index (χ0v) is 15.2. The van der Waals surface area contributed by atoms with Crippen molar-refractivity contribution in [1.29, 1.82) is 0 Å². The number of anilines is 1. The molecule has 0 spiro atoms. The van der Waals surface area contributed by atoms with Gasteiger partial charge < -0.3 is 10.2 Å². The summed E-state index contributed by atoms with van der Waals surface area (Å²) < 4.78 is 0. The molecule has 2 bridgehead atoms. The molecule has 2 aromatic rings. The van der Waals surface area contributed by atoms with Gasteiger partial charge in [-0.2, -0.15) is 0 Å². The maximum absolute atomic E-state index is 12.9. The van der Waals surface area contributed by atoms with Gasteiger partial charge in [-0.05, 0) is 25.0 Å². The topological polar surface area (TPSA) is 61.4 Å². The SMILES string of the molecule is CNc1nc(CN2C[C@H]3CC[C@@H](C2)N(Cc2ccccn2)C3=O)cs1. The summed E-state index contributed by atoms with van der Waals surface area (Å²) in [6.45, 7) is 3.19. The average molecular weight is 357 g/mol. The van der Waals surface area contributed by atoms with Crippen molar-refractivity contribution in [2.24, 2.45) is 5.92 Å². The third-order valence-corrected chi connectivity index (χ3v) is 5.99. The van der Waals surface area contributed by atoms with E-state index in [0.29, 0.717) is 12.5 Å². The highest BCUT2D eigenvalue weighted by molar-refractivity contribution is 7.13. The van der Waals surface area contributed by atoms with E-state index in [4.69, 9.17) is 0 Å². The Morgan fingerprint density at radius 2 is 2.16 bits per heavy atom. The Hall–Kier alpha value is -1.99. The quantitative estimate of drug-likeness (QED) is 0.889. The highest BCUT2D eigenvalue weighted by Gasteiger charge is 2.40. The lowest BCUT2D eigenvalue weighted by Crippen LogP contribution is -2.47. The summed E-state index contributed by atoms with van der Waals surface area (Å²) in [5.74, 6) is 0.392. The molecule has 3 fully saturated rings. The lowest BCUT2D eigenvalue weighted by Gasteiger charge is -2.35. The summed E-state index contributed by atoms with van der Waals surface area (Å²) in [6, 6.07) is 6.17. The van der Waals surface area contributed by atoms with Crippen LogP contribution in [0.25, 0.3) is 0 Å². The van der Waals surface area contributed by atoms with Gasteiger partial charge in [0.25, 0.3) is 0 Å². The molecule has 132 valence electrons. The van der Waals surface area contributed by atoms with Crippen LogP contribution >= 0.6 is 11.3 Å². The molecule has 0 saturated carbocycles. The summed E-state index contributed by atoms with van der Waals surface area (Å²) in [6.07, 6.45) is 3.87. The summed E-state index contributed by atoms with van der Waals surface area (Å²) in [7, 11) is 1.89. The van der Waals surface area contributed by atoms with Crippen molar-refractivity contribution >= 4 is 22.4 Å². The molecular formula is C18H23N5OS. The lowest BCUT2D eigenvalue weighted by molar-refractivity contribution is -0.140. The van der Waals surface area contributed by atoms with Gasteiger partial charge in [-0.1, -0.05) is 6.07 Å². The Balaban J connectivity index is 1.48. The summed E-state index contributed by atoms with van der Waals surface area (Å²) in [4.78, 5) is 26.3. The highest BCUT2D eigenvalue weighted by atomic mass is 32.1. The number of carbonyl (C=O) groups is 1. The fourth-order valence-electron chi connectivity index (χ4n) is 3.86. The van der Waals surface area contributed by atoms with E-state index in [1.54, 1.807) is 17.5 Å². The van der Waals surface area contributed by atoms with Crippen molar-refractivity contribution in [3.05, 3.63) is 41.2 Å². The van der Waals surface area contributed by atoms with Crippen molar-refractivity contribution in [3.8, 4) is 0 Å². The number of piperidine rings is 1. The van der Waals surface area contributed by atoms with E-state index in [1.807, 2.05) is 25.2 Å². The molecule has 0 aliphatic carbocycles. The van der Waals surface area contributed by atoms with Gasteiger partial charge >= 0.3 is 0 Å². The van der Waals surface area contributed by atoms with E-state index < -0.39 is 0 Å². The first-order valence-corrected chi connectivity index (χ1v) is 9.66. The maximum atomic E-state index is 12.9. The molecule has 1 amide bonds. The predicted octanol–water partition coefficient (Wildman–Crippen LogP) is 2.20. The van der Waals surface area contributed by atoms with E-state index in [0.717, 1.165) is 49.0 Å². The zero-order valence-electron chi connectivity index (χ0n) is 14.4. The Labute approximate surface area is 151 Å². The lowest BCUT2D eigenvalue weighted by atomic mass is 9.94. The van der Waals surface area contributed by atoms with E-state index in [-0.39, 0.29) is 12.0 Å².